The van der Waals surface area contributed by atoms with E-state index >= 15 is 0 Å². The molecule has 1 aliphatic heterocycles. The van der Waals surface area contributed by atoms with E-state index in [-0.39, 0.29) is 29.3 Å². The number of nitrogens with two attached hydrogens (primary N) is 2. The van der Waals surface area contributed by atoms with E-state index in [0.717, 1.165) is 62.7 Å². The van der Waals surface area contributed by atoms with Gasteiger partial charge in [0, 0.05) is 12.1 Å². The summed E-state index contributed by atoms with van der Waals surface area (Å²) in [7, 11) is 1.53. The van der Waals surface area contributed by atoms with Crippen LogP contribution in [0.5, 0.6) is 18.0 Å². The van der Waals surface area contributed by atoms with E-state index in [9.17, 15) is 9.59 Å². The van der Waals surface area contributed by atoms with Crippen LogP contribution < -0.4 is 31.4 Å². The number of benzene rings is 2. The van der Waals surface area contributed by atoms with Crippen molar-refractivity contribution in [3.63, 3.8) is 0 Å². The Labute approximate surface area is 358 Å². The van der Waals surface area contributed by atoms with Crippen LogP contribution in [-0.2, 0) is 19.6 Å². The van der Waals surface area contributed by atoms with E-state index in [4.69, 9.17) is 25.7 Å². The Bertz CT molecular complexity index is 2330. The maximum atomic E-state index is 12.6. The summed E-state index contributed by atoms with van der Waals surface area (Å²) in [4.78, 5) is 50.6. The fourth-order valence-electron chi connectivity index (χ4n) is 6.71. The third-order valence-electron chi connectivity index (χ3n) is 9.70. The third-order valence-corrected chi connectivity index (χ3v) is 9.70. The van der Waals surface area contributed by atoms with Gasteiger partial charge in [-0.1, -0.05) is 82.0 Å². The second kappa shape index (κ2) is 22.8. The van der Waals surface area contributed by atoms with E-state index in [2.05, 4.69) is 72.6 Å². The van der Waals surface area contributed by atoms with E-state index in [0.29, 0.717) is 60.2 Å². The number of unbranched alkanes of at least 4 members (excludes halogenated alkanes) is 2. The first-order valence-corrected chi connectivity index (χ1v) is 21.2. The molecule has 5 N–H and O–H groups in total. The second-order valence-corrected chi connectivity index (χ2v) is 14.1. The second-order valence-electron chi connectivity index (χ2n) is 14.1. The van der Waals surface area contributed by atoms with Crippen LogP contribution >= 0.6 is 22.4 Å². The largest absolute Gasteiger partial charge is 0.468 e. The molecule has 6 aromatic rings. The summed E-state index contributed by atoms with van der Waals surface area (Å²) in [6, 6.07) is 16.5. The van der Waals surface area contributed by atoms with Gasteiger partial charge in [-0.15, -0.1) is 0 Å². The summed E-state index contributed by atoms with van der Waals surface area (Å²) in [5.41, 5.74) is 22.1. The number of ether oxygens (including phenoxy) is 3. The predicted molar refractivity (Wildman–Crippen MR) is 240 cm³/mol. The Morgan fingerprint density at radius 2 is 1.34 bits per heavy atom. The van der Waals surface area contributed by atoms with Crippen LogP contribution in [0, 0.1) is 0 Å². The number of H-pyrrole nitrogens is 1. The Balaban J connectivity index is 0.000000218. The molecule has 2 radical (unpaired) electrons. The zero-order valence-corrected chi connectivity index (χ0v) is 36.2. The molecule has 312 valence electrons. The molecule has 5 heterocycles. The van der Waals surface area contributed by atoms with Crippen molar-refractivity contribution in [2.24, 2.45) is 0 Å². The average Bonchev–Trinajstić information content (AvgIpc) is 3.62. The van der Waals surface area contributed by atoms with E-state index in [1.54, 1.807) is 37.6 Å². The van der Waals surface area contributed by atoms with Crippen molar-refractivity contribution >= 4 is 68.3 Å². The van der Waals surface area contributed by atoms with Crippen LogP contribution in [0.3, 0.4) is 0 Å². The summed E-state index contributed by atoms with van der Waals surface area (Å²) < 4.78 is 20.0. The number of hydrogen-bond acceptors (Lipinski definition) is 13. The van der Waals surface area contributed by atoms with Gasteiger partial charge in [0.25, 0.3) is 6.01 Å². The average molecular weight is 918 g/mol. The van der Waals surface area contributed by atoms with Crippen LogP contribution in [0.4, 0.5) is 11.6 Å². The van der Waals surface area contributed by atoms with Gasteiger partial charge < -0.3 is 30.7 Å². The zero-order chi connectivity index (χ0) is 42.1. The van der Waals surface area contributed by atoms with Gasteiger partial charge in [-0.3, -0.25) is 18.8 Å². The third kappa shape index (κ3) is 12.2. The number of carbonyl (C=O) groups is 1. The number of imidazole rings is 2. The van der Waals surface area contributed by atoms with Crippen LogP contribution in [0.2, 0.25) is 0 Å². The molecule has 59 heavy (non-hydrogen) atoms. The molecule has 1 aliphatic rings. The van der Waals surface area contributed by atoms with Crippen LogP contribution in [0.15, 0.2) is 53.3 Å². The zero-order valence-electron chi connectivity index (χ0n) is 34.0. The number of rotatable bonds is 16. The molecule has 1 fully saturated rings. The summed E-state index contributed by atoms with van der Waals surface area (Å²) >= 11 is 1.65. The van der Waals surface area contributed by atoms with Crippen LogP contribution in [0.25, 0.3) is 22.3 Å². The highest BCUT2D eigenvalue weighted by molar-refractivity contribution is 14.1. The van der Waals surface area contributed by atoms with E-state index < -0.39 is 0 Å². The molecule has 18 heteroatoms. The molecule has 0 aliphatic carbocycles. The number of nitrogens with zero attached hydrogens (tertiary/aromatic N) is 8. The van der Waals surface area contributed by atoms with Gasteiger partial charge in [-0.05, 0) is 61.5 Å². The Morgan fingerprint density at radius 3 is 1.97 bits per heavy atom. The number of anilines is 2. The lowest BCUT2D eigenvalue weighted by Crippen LogP contribution is -2.24. The maximum Gasteiger partial charge on any atom is 0.328 e. The standard InChI is InChI=1S/C23H32N6O2.C18H21N5O3.BI/c1-2-3-13-31-22-26-20(24)19-21(27-22)29(23(30)25-19)16-18-10-8-9-17(14-18)15-28-11-6-4-5-7-12-28;1-3-4-8-26-17-21-15(19)14-16(22-17)23(18(20-14)25-2)10-12-6-5-7-13(9-12)11-24;1-2/h8-10,14H,2-7,11-13,15-16H2,1H3,(H,25,30)(H2,24,26,27);5-7,9,11H,3-4,8,10H2,1-2H3,(H2,19,21,22);. The molecular weight excluding hydrogens is 864 g/mol. The minimum Gasteiger partial charge on any atom is -0.468 e. The number of hydrogen-bond donors (Lipinski definition) is 3. The quantitative estimate of drug-likeness (QED) is 0.0424. The van der Waals surface area contributed by atoms with Crippen molar-refractivity contribution in [3.05, 3.63) is 81.3 Å². The summed E-state index contributed by atoms with van der Waals surface area (Å²) in [6.45, 7) is 9.31. The molecule has 0 unspecified atom stereocenters. The lowest BCUT2D eigenvalue weighted by Gasteiger charge is -2.20. The molecule has 0 amide bonds. The topological polar surface area (TPSA) is 207 Å². The highest BCUT2D eigenvalue weighted by Gasteiger charge is 2.19. The highest BCUT2D eigenvalue weighted by Crippen LogP contribution is 2.27. The number of fused-ring (bicyclic) bond motifs is 2. The minimum absolute atomic E-state index is 0.209. The number of likely N-dealkylation sites (tertiary alicyclic amines) is 1. The van der Waals surface area contributed by atoms with Gasteiger partial charge in [0.05, 0.1) is 33.4 Å². The van der Waals surface area contributed by atoms with Gasteiger partial charge in [0.15, 0.2) is 34.1 Å². The number of aldehydes is 1. The van der Waals surface area contributed by atoms with Gasteiger partial charge >= 0.3 is 17.7 Å². The monoisotopic (exact) mass is 917 g/mol. The number of nitrogen functional groups attached to an aromatic ring is 2. The fraction of sp³-hybridized carbons (Fsp3) is 0.439. The van der Waals surface area contributed by atoms with E-state index in [1.807, 2.05) is 24.3 Å². The Kier molecular flexibility index (Phi) is 17.3. The first-order chi connectivity index (χ1) is 28.8. The van der Waals surface area contributed by atoms with Crippen molar-refractivity contribution in [1.82, 2.24) is 43.9 Å². The maximum absolute atomic E-state index is 12.6. The van der Waals surface area contributed by atoms with Crippen molar-refractivity contribution in [2.45, 2.75) is 84.8 Å². The first kappa shape index (κ1) is 44.9. The molecule has 0 bridgehead atoms. The molecule has 2 aromatic carbocycles. The molecular formula is C41H53BIN11O5. The van der Waals surface area contributed by atoms with Gasteiger partial charge in [-0.25, -0.2) is 4.79 Å². The number of nitrogens with one attached hydrogen (secondary N) is 1. The fourth-order valence-corrected chi connectivity index (χ4v) is 6.71. The molecule has 0 spiro atoms. The molecule has 0 atom stereocenters. The van der Waals surface area contributed by atoms with Gasteiger partial charge in [0.1, 0.15) is 11.8 Å². The predicted octanol–water partition coefficient (Wildman–Crippen LogP) is 6.27. The van der Waals surface area contributed by atoms with Crippen LogP contribution in [-0.4, -0.2) is 89.3 Å². The Morgan fingerprint density at radius 1 is 0.763 bits per heavy atom. The summed E-state index contributed by atoms with van der Waals surface area (Å²) in [5, 5.41) is 0. The van der Waals surface area contributed by atoms with Crippen molar-refractivity contribution in [1.29, 1.82) is 0 Å². The highest BCUT2D eigenvalue weighted by atomic mass is 127. The lowest BCUT2D eigenvalue weighted by atomic mass is 10.1. The van der Waals surface area contributed by atoms with Crippen molar-refractivity contribution < 1.29 is 19.0 Å². The van der Waals surface area contributed by atoms with E-state index in [1.165, 1.54) is 38.4 Å². The summed E-state index contributed by atoms with van der Waals surface area (Å²) in [5.74, 6) is 0.461. The van der Waals surface area contributed by atoms with Crippen LogP contribution in [0.1, 0.15) is 92.3 Å². The molecule has 16 nitrogen and oxygen atoms in total. The Hall–Kier alpha value is -5.24. The van der Waals surface area contributed by atoms with Crippen molar-refractivity contribution in [3.8, 4) is 18.0 Å². The number of aromatic nitrogens is 8. The minimum atomic E-state index is -0.250. The van der Waals surface area contributed by atoms with Gasteiger partial charge in [-0.2, -0.15) is 47.3 Å². The van der Waals surface area contributed by atoms with Gasteiger partial charge in [0.2, 0.25) is 0 Å². The van der Waals surface area contributed by atoms with Crippen molar-refractivity contribution in [2.75, 3.05) is 44.9 Å². The number of methoxy groups -OCH3 is 1. The lowest BCUT2D eigenvalue weighted by molar-refractivity contribution is 0.112. The number of carbonyl (C=O) groups excluding carboxylic acids is 1. The SMILES string of the molecule is CCCCOc1nc(N)c2[nH]c(=O)n(Cc3cccc(CN4CCCCCC4)c3)c2n1.CCCCOc1nc(N)c2nc(OC)n(Cc3cccc(C=O)c3)c2n1.[B]I. The normalized spacial score (nSPS) is 12.9. The smallest absolute Gasteiger partial charge is 0.328 e. The molecule has 7 rings (SSSR count). The summed E-state index contributed by atoms with van der Waals surface area (Å²) in [6.07, 6.45) is 9.85. The first-order valence-electron chi connectivity index (χ1n) is 20.0. The molecule has 4 aromatic heterocycles. The number of aromatic amines is 1. The molecule has 0 saturated carbocycles. The molecule has 1 saturated heterocycles. The number of halogens is 1.